The van der Waals surface area contributed by atoms with Gasteiger partial charge in [-0.2, -0.15) is 9.78 Å². The first-order valence-electron chi connectivity index (χ1n) is 8.50. The van der Waals surface area contributed by atoms with Crippen molar-refractivity contribution in [2.24, 2.45) is 5.10 Å². The van der Waals surface area contributed by atoms with Gasteiger partial charge in [-0.15, -0.1) is 15.3 Å². The minimum Gasteiger partial charge on any atom is -0.470 e. The third kappa shape index (κ3) is 4.75. The average molecular weight is 400 g/mol. The van der Waals surface area contributed by atoms with Crippen LogP contribution >= 0.6 is 0 Å². The number of hydrogen-bond acceptors (Lipinski definition) is 8. The molecule has 0 amide bonds. The van der Waals surface area contributed by atoms with Crippen molar-refractivity contribution in [3.63, 3.8) is 0 Å². The Bertz CT molecular complexity index is 986. The molecule has 0 aromatic carbocycles. The molecule has 3 rings (SSSR count). The van der Waals surface area contributed by atoms with Crippen LogP contribution in [0, 0.1) is 6.92 Å². The molecule has 0 saturated heterocycles. The summed E-state index contributed by atoms with van der Waals surface area (Å²) < 4.78 is 32.5. The zero-order valence-corrected chi connectivity index (χ0v) is 15.8. The van der Waals surface area contributed by atoms with Crippen LogP contribution in [0.5, 0.6) is 5.88 Å². The third-order valence-corrected chi connectivity index (χ3v) is 3.86. The summed E-state index contributed by atoms with van der Waals surface area (Å²) in [6.45, 7) is 5.41. The highest BCUT2D eigenvalue weighted by Crippen LogP contribution is 2.20. The van der Waals surface area contributed by atoms with Gasteiger partial charge in [0, 0.05) is 31.1 Å². The van der Waals surface area contributed by atoms with Crippen molar-refractivity contribution in [1.29, 1.82) is 0 Å². The normalized spacial score (nSPS) is 11.2. The van der Waals surface area contributed by atoms with E-state index in [1.54, 1.807) is 32.2 Å². The average Bonchev–Trinajstić information content (AvgIpc) is 3.11. The van der Waals surface area contributed by atoms with Gasteiger partial charge in [-0.3, -0.25) is 0 Å². The number of rotatable bonds is 8. The van der Waals surface area contributed by atoms with Gasteiger partial charge in [0.15, 0.2) is 11.6 Å². The number of alkyl halides is 2. The Morgan fingerprint density at radius 1 is 1.24 bits per heavy atom. The fraction of sp³-hybridized carbons (Fsp3) is 0.222. The maximum absolute atomic E-state index is 12.7. The molecule has 0 aliphatic rings. The maximum atomic E-state index is 12.7. The predicted molar refractivity (Wildman–Crippen MR) is 102 cm³/mol. The molecule has 3 aromatic heterocycles. The van der Waals surface area contributed by atoms with Crippen molar-refractivity contribution in [2.75, 3.05) is 12.1 Å². The molecule has 0 aliphatic carbocycles. The fourth-order valence-corrected chi connectivity index (χ4v) is 2.29. The first kappa shape index (κ1) is 20.0. The van der Waals surface area contributed by atoms with Gasteiger partial charge in [-0.25, -0.2) is 18.8 Å². The number of halogens is 2. The molecule has 3 aromatic rings. The lowest BCUT2D eigenvalue weighted by atomic mass is 10.3. The van der Waals surface area contributed by atoms with Crippen molar-refractivity contribution in [1.82, 2.24) is 30.2 Å². The quantitative estimate of drug-likeness (QED) is 0.424. The zero-order chi connectivity index (χ0) is 20.8. The van der Waals surface area contributed by atoms with E-state index in [0.29, 0.717) is 28.9 Å². The molecule has 0 atom stereocenters. The number of allylic oxidation sites excluding steroid dienone is 1. The molecule has 0 N–H and O–H groups in total. The minimum atomic E-state index is -2.58. The Morgan fingerprint density at radius 2 is 2.07 bits per heavy atom. The first-order valence-corrected chi connectivity index (χ1v) is 8.50. The minimum absolute atomic E-state index is 0.0929. The van der Waals surface area contributed by atoms with Crippen LogP contribution in [0.15, 0.2) is 48.2 Å². The van der Waals surface area contributed by atoms with E-state index in [0.717, 1.165) is 6.20 Å². The van der Waals surface area contributed by atoms with Crippen molar-refractivity contribution in [3.05, 3.63) is 60.1 Å². The molecule has 0 bridgehead atoms. The highest BCUT2D eigenvalue weighted by atomic mass is 19.3. The molecular formula is C18H18F2N8O. The molecule has 0 aliphatic heterocycles. The van der Waals surface area contributed by atoms with Crippen molar-refractivity contribution in [3.8, 4) is 11.7 Å². The summed E-state index contributed by atoms with van der Waals surface area (Å²) in [6.07, 6.45) is 1.61. The lowest BCUT2D eigenvalue weighted by Crippen LogP contribution is -2.12. The monoisotopic (exact) mass is 400 g/mol. The van der Waals surface area contributed by atoms with Gasteiger partial charge in [0.1, 0.15) is 12.3 Å². The first-order chi connectivity index (χ1) is 14.0. The number of hydrogen-bond donors (Lipinski definition) is 0. The second-order valence-electron chi connectivity index (χ2n) is 5.83. The Morgan fingerprint density at radius 3 is 2.69 bits per heavy atom. The molecule has 11 heteroatoms. The predicted octanol–water partition coefficient (Wildman–Crippen LogP) is 2.89. The van der Waals surface area contributed by atoms with E-state index in [4.69, 9.17) is 4.74 Å². The molecule has 0 radical (unpaired) electrons. The SMILES string of the molecule is C=C/C=N\N(C)c1ccc(OCc2c(C)nnn2-c2ccc(C(F)F)cn2)nn1. The maximum Gasteiger partial charge on any atom is 0.265 e. The van der Waals surface area contributed by atoms with Crippen LogP contribution in [0.3, 0.4) is 0 Å². The van der Waals surface area contributed by atoms with E-state index in [2.05, 4.69) is 37.2 Å². The van der Waals surface area contributed by atoms with Crippen LogP contribution in [0.25, 0.3) is 5.82 Å². The van der Waals surface area contributed by atoms with Gasteiger partial charge in [0.05, 0.1) is 5.69 Å². The number of hydrazone groups is 1. The van der Waals surface area contributed by atoms with E-state index in [-0.39, 0.29) is 12.2 Å². The van der Waals surface area contributed by atoms with Gasteiger partial charge < -0.3 is 4.74 Å². The molecule has 150 valence electrons. The van der Waals surface area contributed by atoms with Crippen LogP contribution in [-0.4, -0.2) is 43.4 Å². The number of aryl methyl sites for hydroxylation is 1. The molecule has 0 saturated carbocycles. The highest BCUT2D eigenvalue weighted by molar-refractivity contribution is 5.71. The van der Waals surface area contributed by atoms with Gasteiger partial charge >= 0.3 is 0 Å². The van der Waals surface area contributed by atoms with Crippen LogP contribution < -0.4 is 9.75 Å². The number of nitrogens with zero attached hydrogens (tertiary/aromatic N) is 8. The van der Waals surface area contributed by atoms with Crippen molar-refractivity contribution in [2.45, 2.75) is 20.0 Å². The summed E-state index contributed by atoms with van der Waals surface area (Å²) in [5.74, 6) is 1.18. The van der Waals surface area contributed by atoms with Gasteiger partial charge in [0.2, 0.25) is 5.88 Å². The highest BCUT2D eigenvalue weighted by Gasteiger charge is 2.15. The van der Waals surface area contributed by atoms with Gasteiger partial charge in [-0.1, -0.05) is 11.8 Å². The van der Waals surface area contributed by atoms with E-state index in [1.165, 1.54) is 28.0 Å². The summed E-state index contributed by atoms with van der Waals surface area (Å²) in [7, 11) is 1.73. The Labute approximate surface area is 165 Å². The van der Waals surface area contributed by atoms with E-state index >= 15 is 0 Å². The third-order valence-electron chi connectivity index (χ3n) is 3.86. The van der Waals surface area contributed by atoms with Crippen LogP contribution in [0.4, 0.5) is 14.6 Å². The summed E-state index contributed by atoms with van der Waals surface area (Å²) >= 11 is 0. The van der Waals surface area contributed by atoms with Gasteiger partial charge in [-0.05, 0) is 31.2 Å². The lowest BCUT2D eigenvalue weighted by molar-refractivity contribution is 0.151. The number of anilines is 1. The number of aromatic nitrogens is 6. The summed E-state index contributed by atoms with van der Waals surface area (Å²) in [4.78, 5) is 4.03. The lowest BCUT2D eigenvalue weighted by Gasteiger charge is -2.11. The Balaban J connectivity index is 1.72. The van der Waals surface area contributed by atoms with Crippen molar-refractivity contribution >= 4 is 12.0 Å². The standard InChI is InChI=1S/C18H18F2N8O/c1-4-9-22-27(3)16-7-8-17(25-24-16)29-11-14-12(2)23-26-28(14)15-6-5-13(10-21-15)18(19)20/h4-10,18H,1,11H2,2-3H3/b22-9-. The Kier molecular flexibility index (Phi) is 6.17. The van der Waals surface area contributed by atoms with Crippen molar-refractivity contribution < 1.29 is 13.5 Å². The largest absolute Gasteiger partial charge is 0.470 e. The fourth-order valence-electron chi connectivity index (χ4n) is 2.29. The molecular weight excluding hydrogens is 382 g/mol. The van der Waals surface area contributed by atoms with Crippen LogP contribution in [-0.2, 0) is 6.61 Å². The second-order valence-corrected chi connectivity index (χ2v) is 5.83. The smallest absolute Gasteiger partial charge is 0.265 e. The molecule has 9 nitrogen and oxygen atoms in total. The summed E-state index contributed by atoms with van der Waals surface area (Å²) in [6, 6.07) is 6.11. The molecule has 0 fully saturated rings. The molecule has 0 spiro atoms. The van der Waals surface area contributed by atoms with Crippen LogP contribution in [0.2, 0.25) is 0 Å². The molecule has 0 unspecified atom stereocenters. The second kappa shape index (κ2) is 8.95. The topological polar surface area (TPSA) is 94.2 Å². The zero-order valence-electron chi connectivity index (χ0n) is 15.8. The van der Waals surface area contributed by atoms with Gasteiger partial charge in [0.25, 0.3) is 6.43 Å². The summed E-state index contributed by atoms with van der Waals surface area (Å²) in [5.41, 5.74) is 1.06. The Hall–Kier alpha value is -3.76. The van der Waals surface area contributed by atoms with Crippen LogP contribution in [0.1, 0.15) is 23.4 Å². The number of pyridine rings is 1. The molecule has 29 heavy (non-hydrogen) atoms. The van der Waals surface area contributed by atoms with E-state index in [1.807, 2.05) is 0 Å². The molecule has 3 heterocycles. The summed E-state index contributed by atoms with van der Waals surface area (Å²) in [5, 5.41) is 21.7. The van der Waals surface area contributed by atoms with E-state index in [9.17, 15) is 8.78 Å². The number of ether oxygens (including phenoxy) is 1. The van der Waals surface area contributed by atoms with E-state index < -0.39 is 6.43 Å².